The highest BCUT2D eigenvalue weighted by atomic mass is 35.5. The second-order valence-electron chi connectivity index (χ2n) is 5.77. The van der Waals surface area contributed by atoms with Gasteiger partial charge in [-0.05, 0) is 30.2 Å². The van der Waals surface area contributed by atoms with E-state index in [0.717, 1.165) is 10.6 Å². The van der Waals surface area contributed by atoms with E-state index in [-0.39, 0.29) is 18.7 Å². The molecule has 1 aliphatic heterocycles. The van der Waals surface area contributed by atoms with Gasteiger partial charge in [-0.3, -0.25) is 10.1 Å². The van der Waals surface area contributed by atoms with Gasteiger partial charge in [-0.1, -0.05) is 23.7 Å². The first-order chi connectivity index (χ1) is 12.0. The molecule has 1 heterocycles. The zero-order valence-electron chi connectivity index (χ0n) is 13.2. The molecule has 0 aromatic heterocycles. The molecule has 0 bridgehead atoms. The van der Waals surface area contributed by atoms with E-state index in [2.05, 4.69) is 0 Å². The Hall–Kier alpha value is -2.19. The number of fused-ring (bicyclic) bond motifs is 1. The normalized spacial score (nSPS) is 20.0. The number of halogens is 1. The number of nitro benzene ring substituents is 1. The molecular formula is C17H16ClN2O5-. The van der Waals surface area contributed by atoms with Crippen molar-refractivity contribution >= 4 is 17.3 Å². The molecule has 3 rings (SSSR count). The fourth-order valence-electron chi connectivity index (χ4n) is 2.94. The summed E-state index contributed by atoms with van der Waals surface area (Å²) in [4.78, 5) is 10.6. The number of hydrogen-bond acceptors (Lipinski definition) is 6. The van der Waals surface area contributed by atoms with E-state index >= 15 is 0 Å². The lowest BCUT2D eigenvalue weighted by molar-refractivity contribution is -0.385. The second kappa shape index (κ2) is 7.37. The third-order valence-electron chi connectivity index (χ3n) is 4.11. The highest BCUT2D eigenvalue weighted by Gasteiger charge is 2.31. The van der Waals surface area contributed by atoms with Crippen LogP contribution in [0.2, 0.25) is 5.02 Å². The van der Waals surface area contributed by atoms with Crippen LogP contribution < -0.4 is 4.74 Å². The van der Waals surface area contributed by atoms with E-state index in [4.69, 9.17) is 21.4 Å². The first-order valence-corrected chi connectivity index (χ1v) is 8.13. The Morgan fingerprint density at radius 3 is 2.76 bits per heavy atom. The summed E-state index contributed by atoms with van der Waals surface area (Å²) in [6.07, 6.45) is -0.377. The number of aliphatic hydroxyl groups excluding tert-OH is 1. The molecule has 2 atom stereocenters. The van der Waals surface area contributed by atoms with Crippen LogP contribution in [0, 0.1) is 15.3 Å². The number of aliphatic hydroxyl groups is 1. The van der Waals surface area contributed by atoms with Crippen LogP contribution in [-0.2, 0) is 6.42 Å². The van der Waals surface area contributed by atoms with E-state index in [0.29, 0.717) is 22.8 Å². The van der Waals surface area contributed by atoms with Crippen LogP contribution in [0.3, 0.4) is 0 Å². The molecule has 2 aromatic carbocycles. The number of nitrogens with zero attached hydrogens (tertiary/aromatic N) is 2. The molecule has 1 aliphatic rings. The van der Waals surface area contributed by atoms with Crippen molar-refractivity contribution in [3.63, 3.8) is 0 Å². The topological polar surface area (TPSA) is 98.9 Å². The van der Waals surface area contributed by atoms with Crippen LogP contribution in [0.5, 0.6) is 5.75 Å². The van der Waals surface area contributed by atoms with E-state index in [1.807, 2.05) is 6.07 Å². The zero-order chi connectivity index (χ0) is 18.0. The minimum atomic E-state index is -0.844. The Bertz CT molecular complexity index is 785. The molecule has 0 saturated carbocycles. The molecule has 8 heteroatoms. The Morgan fingerprint density at radius 2 is 2.08 bits per heavy atom. The van der Waals surface area contributed by atoms with Gasteiger partial charge in [-0.25, -0.2) is 0 Å². The molecule has 25 heavy (non-hydrogen) atoms. The van der Waals surface area contributed by atoms with Gasteiger partial charge in [0.05, 0.1) is 4.92 Å². The summed E-state index contributed by atoms with van der Waals surface area (Å²) in [7, 11) is 0. The molecule has 1 N–H and O–H groups in total. The Morgan fingerprint density at radius 1 is 1.28 bits per heavy atom. The van der Waals surface area contributed by atoms with Crippen molar-refractivity contribution in [2.45, 2.75) is 25.1 Å². The Labute approximate surface area is 149 Å². The predicted octanol–water partition coefficient (Wildman–Crippen LogP) is 3.43. The fourth-order valence-corrected chi connectivity index (χ4v) is 3.15. The standard InChI is InChI=1S/C17H16ClN2O5/c18-12-3-1-2-11(8-12)9-15-14-10-13(20(23)24)4-5-16(14)25-17(6-7-21)19(15)22/h1-5,8,10,15,17,21H,6-7,9H2/q-1. The minimum absolute atomic E-state index is 0.104. The van der Waals surface area contributed by atoms with Gasteiger partial charge in [0.1, 0.15) is 12.0 Å². The summed E-state index contributed by atoms with van der Waals surface area (Å²) in [5.74, 6) is 0.420. The van der Waals surface area contributed by atoms with Gasteiger partial charge >= 0.3 is 0 Å². The van der Waals surface area contributed by atoms with Gasteiger partial charge in [0, 0.05) is 41.8 Å². The highest BCUT2D eigenvalue weighted by Crippen LogP contribution is 2.40. The number of benzene rings is 2. The van der Waals surface area contributed by atoms with Crippen LogP contribution in [-0.4, -0.2) is 27.9 Å². The largest absolute Gasteiger partial charge is 0.782 e. The zero-order valence-corrected chi connectivity index (χ0v) is 13.9. The van der Waals surface area contributed by atoms with Crippen molar-refractivity contribution in [2.24, 2.45) is 0 Å². The first-order valence-electron chi connectivity index (χ1n) is 7.75. The average molecular weight is 364 g/mol. The van der Waals surface area contributed by atoms with Crippen molar-refractivity contribution < 1.29 is 14.8 Å². The average Bonchev–Trinajstić information content (AvgIpc) is 2.58. The van der Waals surface area contributed by atoms with Gasteiger partial charge < -0.3 is 20.1 Å². The van der Waals surface area contributed by atoms with Gasteiger partial charge in [0.15, 0.2) is 0 Å². The maximum Gasteiger partial charge on any atom is 0.270 e. The summed E-state index contributed by atoms with van der Waals surface area (Å²) < 4.78 is 5.62. The van der Waals surface area contributed by atoms with E-state index in [1.54, 1.807) is 18.2 Å². The number of rotatable bonds is 5. The van der Waals surface area contributed by atoms with Crippen molar-refractivity contribution in [2.75, 3.05) is 6.61 Å². The van der Waals surface area contributed by atoms with E-state index in [9.17, 15) is 15.3 Å². The van der Waals surface area contributed by atoms with Crippen molar-refractivity contribution in [1.29, 1.82) is 0 Å². The van der Waals surface area contributed by atoms with Gasteiger partial charge in [-0.2, -0.15) is 0 Å². The molecule has 2 aromatic rings. The van der Waals surface area contributed by atoms with Crippen LogP contribution >= 0.6 is 11.6 Å². The summed E-state index contributed by atoms with van der Waals surface area (Å²) in [5.41, 5.74) is 1.19. The molecule has 0 amide bonds. The molecule has 0 radical (unpaired) electrons. The Balaban J connectivity index is 2.01. The first kappa shape index (κ1) is 17.6. The van der Waals surface area contributed by atoms with Gasteiger partial charge in [-0.15, -0.1) is 0 Å². The maximum absolute atomic E-state index is 12.7. The lowest BCUT2D eigenvalue weighted by atomic mass is 9.95. The quantitative estimate of drug-likeness (QED) is 0.645. The monoisotopic (exact) mass is 363 g/mol. The number of hydrogen-bond donors (Lipinski definition) is 1. The predicted molar refractivity (Wildman–Crippen MR) is 92.3 cm³/mol. The van der Waals surface area contributed by atoms with Crippen LogP contribution in [0.25, 0.3) is 0 Å². The van der Waals surface area contributed by atoms with Crippen LogP contribution in [0.4, 0.5) is 5.69 Å². The number of nitro groups is 1. The van der Waals surface area contributed by atoms with Gasteiger partial charge in [0.25, 0.3) is 5.69 Å². The number of ether oxygens (including phenoxy) is 1. The summed E-state index contributed by atoms with van der Waals surface area (Å²) in [6, 6.07) is 10.6. The van der Waals surface area contributed by atoms with Crippen LogP contribution in [0.15, 0.2) is 42.5 Å². The van der Waals surface area contributed by atoms with Gasteiger partial charge in [0.2, 0.25) is 0 Å². The SMILES string of the molecule is O=[N+]([O-])c1ccc2c(c1)C(Cc1cccc(Cl)c1)N([O-])C(CCO)O2. The molecule has 0 aliphatic carbocycles. The minimum Gasteiger partial charge on any atom is -0.782 e. The maximum atomic E-state index is 12.7. The molecule has 2 unspecified atom stereocenters. The third kappa shape index (κ3) is 3.74. The van der Waals surface area contributed by atoms with E-state index < -0.39 is 17.2 Å². The van der Waals surface area contributed by atoms with Crippen LogP contribution in [0.1, 0.15) is 23.6 Å². The highest BCUT2D eigenvalue weighted by molar-refractivity contribution is 6.30. The summed E-state index contributed by atoms with van der Waals surface area (Å²) >= 11 is 6.01. The molecule has 132 valence electrons. The molecule has 0 saturated heterocycles. The molecular weight excluding hydrogens is 348 g/mol. The summed E-state index contributed by atoms with van der Waals surface area (Å²) in [6.45, 7) is -0.199. The smallest absolute Gasteiger partial charge is 0.270 e. The summed E-state index contributed by atoms with van der Waals surface area (Å²) in [5, 5.41) is 34.3. The van der Waals surface area contributed by atoms with Crippen molar-refractivity contribution in [3.8, 4) is 5.75 Å². The lowest BCUT2D eigenvalue weighted by Gasteiger charge is -2.47. The second-order valence-corrected chi connectivity index (χ2v) is 6.21. The molecule has 7 nitrogen and oxygen atoms in total. The molecule has 0 fully saturated rings. The lowest BCUT2D eigenvalue weighted by Crippen LogP contribution is -2.43. The van der Waals surface area contributed by atoms with Crippen molar-refractivity contribution in [1.82, 2.24) is 5.06 Å². The Kier molecular flexibility index (Phi) is 5.19. The molecule has 0 spiro atoms. The number of hydroxylamine groups is 2. The number of non-ortho nitro benzene ring substituents is 1. The third-order valence-corrected chi connectivity index (χ3v) is 4.35. The van der Waals surface area contributed by atoms with Crippen molar-refractivity contribution in [3.05, 3.63) is 73.9 Å². The fraction of sp³-hybridized carbons (Fsp3) is 0.294. The van der Waals surface area contributed by atoms with E-state index in [1.165, 1.54) is 18.2 Å².